The van der Waals surface area contributed by atoms with E-state index in [4.69, 9.17) is 5.11 Å². The fraction of sp³-hybridized carbons (Fsp3) is 0.429. The number of thioether (sulfide) groups is 1. The summed E-state index contributed by atoms with van der Waals surface area (Å²) in [4.78, 5) is 12.5. The van der Waals surface area contributed by atoms with Crippen molar-refractivity contribution in [1.82, 2.24) is 10.3 Å². The molecule has 2 aliphatic rings. The summed E-state index contributed by atoms with van der Waals surface area (Å²) in [5.74, 6) is -0.922. The quantitative estimate of drug-likeness (QED) is 0.646. The molecular formula is C7H9N3O2S. The number of fused-ring (bicyclic) bond motifs is 1. The zero-order chi connectivity index (χ0) is 9.64. The Morgan fingerprint density at radius 2 is 2.46 bits per heavy atom. The predicted molar refractivity (Wildman–Crippen MR) is 49.8 cm³/mol. The number of carbonyl (C=O) groups is 1. The minimum atomic E-state index is -0.922. The van der Waals surface area contributed by atoms with E-state index in [0.29, 0.717) is 5.17 Å². The van der Waals surface area contributed by atoms with Crippen molar-refractivity contribution < 1.29 is 9.90 Å². The van der Waals surface area contributed by atoms with Gasteiger partial charge in [0, 0.05) is 5.41 Å². The van der Waals surface area contributed by atoms with Crippen LogP contribution in [0.5, 0.6) is 0 Å². The lowest BCUT2D eigenvalue weighted by Crippen LogP contribution is -2.47. The van der Waals surface area contributed by atoms with Gasteiger partial charge in [0.15, 0.2) is 5.17 Å². The Bertz CT molecular complexity index is 335. The van der Waals surface area contributed by atoms with Crippen LogP contribution in [0.1, 0.15) is 13.8 Å². The molecule has 2 rings (SSSR count). The molecule has 13 heavy (non-hydrogen) atoms. The lowest BCUT2D eigenvalue weighted by molar-refractivity contribution is -0.134. The Kier molecular flexibility index (Phi) is 1.56. The molecule has 0 fully saturated rings. The first-order chi connectivity index (χ1) is 6.02. The van der Waals surface area contributed by atoms with Crippen LogP contribution in [0.4, 0.5) is 0 Å². The number of carboxylic acids is 1. The maximum absolute atomic E-state index is 10.8. The summed E-state index contributed by atoms with van der Waals surface area (Å²) in [5.41, 5.74) is 2.71. The Balaban J connectivity index is 2.36. The van der Waals surface area contributed by atoms with Crippen molar-refractivity contribution in [2.75, 3.05) is 0 Å². The molecule has 70 valence electrons. The second kappa shape index (κ2) is 2.41. The zero-order valence-corrected chi connectivity index (χ0v) is 8.05. The first kappa shape index (κ1) is 8.43. The number of nitrogens with zero attached hydrogens (tertiary/aromatic N) is 2. The van der Waals surface area contributed by atoms with E-state index in [1.54, 1.807) is 10.3 Å². The Morgan fingerprint density at radius 3 is 3.08 bits per heavy atom. The monoisotopic (exact) mass is 199 g/mol. The summed E-state index contributed by atoms with van der Waals surface area (Å²) < 4.78 is 0. The van der Waals surface area contributed by atoms with Crippen LogP contribution in [0.25, 0.3) is 0 Å². The molecule has 2 aliphatic heterocycles. The number of amidine groups is 1. The van der Waals surface area contributed by atoms with Gasteiger partial charge >= 0.3 is 5.97 Å². The molecule has 0 saturated heterocycles. The molecule has 0 amide bonds. The van der Waals surface area contributed by atoms with Gasteiger partial charge in [-0.1, -0.05) is 11.8 Å². The highest BCUT2D eigenvalue weighted by molar-refractivity contribution is 8.16. The number of hydrogen-bond acceptors (Lipinski definition) is 5. The predicted octanol–water partition coefficient (Wildman–Crippen LogP) is 0.571. The first-order valence-electron chi connectivity index (χ1n) is 3.77. The normalized spacial score (nSPS) is 23.4. The summed E-state index contributed by atoms with van der Waals surface area (Å²) in [7, 11) is 0. The van der Waals surface area contributed by atoms with Crippen molar-refractivity contribution in [3.05, 3.63) is 11.1 Å². The van der Waals surface area contributed by atoms with Crippen LogP contribution >= 0.6 is 11.8 Å². The highest BCUT2D eigenvalue weighted by Crippen LogP contribution is 2.35. The van der Waals surface area contributed by atoms with Crippen molar-refractivity contribution in [2.24, 2.45) is 5.10 Å². The van der Waals surface area contributed by atoms with E-state index in [-0.39, 0.29) is 5.70 Å². The Hall–Kier alpha value is -1.17. The third kappa shape index (κ3) is 1.09. The van der Waals surface area contributed by atoms with E-state index in [9.17, 15) is 4.79 Å². The number of aliphatic carboxylic acids is 1. The van der Waals surface area contributed by atoms with Gasteiger partial charge in [-0.15, -0.1) is 0 Å². The third-order valence-corrected chi connectivity index (χ3v) is 2.74. The number of nitrogens with one attached hydrogen (secondary N) is 1. The minimum absolute atomic E-state index is 0.277. The van der Waals surface area contributed by atoms with Gasteiger partial charge in [0.05, 0.1) is 0 Å². The van der Waals surface area contributed by atoms with Crippen LogP contribution in [-0.2, 0) is 4.79 Å². The van der Waals surface area contributed by atoms with Crippen molar-refractivity contribution in [2.45, 2.75) is 19.5 Å². The molecule has 5 nitrogen and oxygen atoms in total. The lowest BCUT2D eigenvalue weighted by Gasteiger charge is -2.29. The maximum Gasteiger partial charge on any atom is 0.353 e. The summed E-state index contributed by atoms with van der Waals surface area (Å²) in [6.45, 7) is 3.76. The van der Waals surface area contributed by atoms with E-state index >= 15 is 0 Å². The van der Waals surface area contributed by atoms with Crippen molar-refractivity contribution in [3.63, 3.8) is 0 Å². The number of carboxylic acid groups (broad SMARTS) is 1. The van der Waals surface area contributed by atoms with E-state index in [0.717, 1.165) is 0 Å². The Morgan fingerprint density at radius 1 is 1.77 bits per heavy atom. The standard InChI is InChI=1S/C7H9N3O2S/c1-7(2)9-8-6-10(7)4(3-13-6)5(11)12/h3,9H,1-2H3,(H,11,12). The fourth-order valence-corrected chi connectivity index (χ4v) is 2.27. The largest absolute Gasteiger partial charge is 0.477 e. The SMILES string of the molecule is CC1(C)NN=C2SC=C(C(=O)O)N21. The average Bonchev–Trinajstić information content (AvgIpc) is 2.53. The third-order valence-electron chi connectivity index (χ3n) is 1.91. The minimum Gasteiger partial charge on any atom is -0.477 e. The van der Waals surface area contributed by atoms with Gasteiger partial charge in [-0.3, -0.25) is 10.3 Å². The molecule has 2 N–H and O–H groups in total. The van der Waals surface area contributed by atoms with Gasteiger partial charge in [-0.05, 0) is 13.8 Å². The van der Waals surface area contributed by atoms with E-state index < -0.39 is 11.6 Å². The van der Waals surface area contributed by atoms with Crippen LogP contribution < -0.4 is 5.43 Å². The number of hydrogen-bond donors (Lipinski definition) is 2. The van der Waals surface area contributed by atoms with Gasteiger partial charge in [0.1, 0.15) is 11.4 Å². The summed E-state index contributed by atoms with van der Waals surface area (Å²) in [5, 5.41) is 15.2. The van der Waals surface area contributed by atoms with E-state index in [1.165, 1.54) is 11.8 Å². The summed E-state index contributed by atoms with van der Waals surface area (Å²) >= 11 is 1.32. The van der Waals surface area contributed by atoms with Crippen molar-refractivity contribution in [1.29, 1.82) is 0 Å². The molecule has 0 aromatic carbocycles. The lowest BCUT2D eigenvalue weighted by atomic mass is 10.2. The number of hydrazone groups is 1. The second-order valence-corrected chi connectivity index (χ2v) is 4.16. The molecule has 0 atom stereocenters. The molecule has 0 saturated carbocycles. The van der Waals surface area contributed by atoms with Gasteiger partial charge in [-0.25, -0.2) is 4.79 Å². The van der Waals surface area contributed by atoms with Crippen molar-refractivity contribution in [3.8, 4) is 0 Å². The van der Waals surface area contributed by atoms with Gasteiger partial charge in [0.2, 0.25) is 0 Å². The molecule has 0 spiro atoms. The Labute approximate surface area is 79.5 Å². The van der Waals surface area contributed by atoms with Gasteiger partial charge in [-0.2, -0.15) is 5.10 Å². The summed E-state index contributed by atoms with van der Waals surface area (Å²) in [6, 6.07) is 0. The molecular weight excluding hydrogens is 190 g/mol. The fourth-order valence-electron chi connectivity index (χ4n) is 1.31. The molecule has 2 heterocycles. The zero-order valence-electron chi connectivity index (χ0n) is 7.24. The van der Waals surface area contributed by atoms with Gasteiger partial charge < -0.3 is 5.11 Å². The van der Waals surface area contributed by atoms with Gasteiger partial charge in [0.25, 0.3) is 0 Å². The molecule has 0 aromatic rings. The maximum atomic E-state index is 10.8. The molecule has 0 aromatic heterocycles. The average molecular weight is 199 g/mol. The smallest absolute Gasteiger partial charge is 0.353 e. The van der Waals surface area contributed by atoms with Crippen LogP contribution in [0.15, 0.2) is 16.2 Å². The molecule has 0 aliphatic carbocycles. The first-order valence-corrected chi connectivity index (χ1v) is 4.65. The van der Waals surface area contributed by atoms with Crippen LogP contribution in [0, 0.1) is 0 Å². The summed E-state index contributed by atoms with van der Waals surface area (Å²) in [6.07, 6.45) is 0. The second-order valence-electron chi connectivity index (χ2n) is 3.33. The van der Waals surface area contributed by atoms with E-state index in [1.807, 2.05) is 13.8 Å². The van der Waals surface area contributed by atoms with Crippen LogP contribution in [-0.4, -0.2) is 26.8 Å². The van der Waals surface area contributed by atoms with Crippen molar-refractivity contribution >= 4 is 22.9 Å². The molecule has 0 radical (unpaired) electrons. The van der Waals surface area contributed by atoms with Crippen LogP contribution in [0.3, 0.4) is 0 Å². The number of rotatable bonds is 1. The highest BCUT2D eigenvalue weighted by Gasteiger charge is 2.42. The molecule has 6 heteroatoms. The van der Waals surface area contributed by atoms with Crippen LogP contribution in [0.2, 0.25) is 0 Å². The topological polar surface area (TPSA) is 64.9 Å². The molecule has 0 bridgehead atoms. The molecule has 0 unspecified atom stereocenters. The van der Waals surface area contributed by atoms with E-state index in [2.05, 4.69) is 10.5 Å². The highest BCUT2D eigenvalue weighted by atomic mass is 32.2.